The first kappa shape index (κ1) is 35.0. The first-order valence-electron chi connectivity index (χ1n) is 12.8. The summed E-state index contributed by atoms with van der Waals surface area (Å²) in [7, 11) is 5.25. The van der Waals surface area contributed by atoms with Crippen LogP contribution < -0.4 is 14.2 Å². The Balaban J connectivity index is 0.00000126. The molecule has 0 radical (unpaired) electrons. The minimum atomic E-state index is -4.45. The Morgan fingerprint density at radius 2 is 1.56 bits per heavy atom. The van der Waals surface area contributed by atoms with Gasteiger partial charge in [-0.15, -0.1) is 0 Å². The summed E-state index contributed by atoms with van der Waals surface area (Å²) in [6.07, 6.45) is -2.44. The summed E-state index contributed by atoms with van der Waals surface area (Å²) in [6, 6.07) is 14.8. The van der Waals surface area contributed by atoms with Crippen LogP contribution in [0.25, 0.3) is 0 Å². The summed E-state index contributed by atoms with van der Waals surface area (Å²) < 4.78 is 54.1. The highest BCUT2D eigenvalue weighted by atomic mass is 19.4. The lowest BCUT2D eigenvalue weighted by molar-refractivity contribution is -0.159. The maximum Gasteiger partial charge on any atom is 0.422 e. The quantitative estimate of drug-likeness (QED) is 0.307. The number of carboxylic acid groups (broad SMARTS) is 2. The molecule has 0 amide bonds. The highest BCUT2D eigenvalue weighted by molar-refractivity contribution is 6.27. The van der Waals surface area contributed by atoms with E-state index in [2.05, 4.69) is 11.0 Å². The molecule has 0 aliphatic carbocycles. The third-order valence-electron chi connectivity index (χ3n) is 6.43. The second-order valence-electron chi connectivity index (χ2n) is 9.63. The number of likely N-dealkylation sites (N-methyl/N-ethyl adjacent to an activating group) is 1. The van der Waals surface area contributed by atoms with Crippen LogP contribution in [-0.4, -0.2) is 74.2 Å². The van der Waals surface area contributed by atoms with Gasteiger partial charge in [0.1, 0.15) is 17.2 Å². The zero-order valence-corrected chi connectivity index (χ0v) is 23.8. The molecule has 226 valence electrons. The smallest absolute Gasteiger partial charge is 0.422 e. The van der Waals surface area contributed by atoms with Gasteiger partial charge in [0.2, 0.25) is 0 Å². The number of nitriles is 1. The van der Waals surface area contributed by atoms with E-state index in [0.29, 0.717) is 18.4 Å². The molecule has 1 atom stereocenters. The van der Waals surface area contributed by atoms with E-state index in [1.54, 1.807) is 32.4 Å². The first-order valence-corrected chi connectivity index (χ1v) is 12.8. The number of nitrogens with zero attached hydrogens (tertiary/aromatic N) is 2. The molecule has 2 aromatic carbocycles. The topological polar surface area (TPSA) is 129 Å². The summed E-state index contributed by atoms with van der Waals surface area (Å²) in [4.78, 5) is 20.4. The van der Waals surface area contributed by atoms with Crippen molar-refractivity contribution in [1.82, 2.24) is 4.90 Å². The number of methoxy groups -OCH3 is 2. The maximum absolute atomic E-state index is 12.8. The Bertz CT molecular complexity index is 1150. The first-order chi connectivity index (χ1) is 19.2. The van der Waals surface area contributed by atoms with Gasteiger partial charge in [-0.3, -0.25) is 0 Å². The summed E-state index contributed by atoms with van der Waals surface area (Å²) in [5.74, 6) is -2.17. The van der Waals surface area contributed by atoms with E-state index in [9.17, 15) is 18.4 Å². The molecule has 0 fully saturated rings. The van der Waals surface area contributed by atoms with Crippen LogP contribution in [0.15, 0.2) is 42.5 Å². The van der Waals surface area contributed by atoms with Crippen molar-refractivity contribution < 1.29 is 47.2 Å². The van der Waals surface area contributed by atoms with Crippen LogP contribution >= 0.6 is 0 Å². The number of halogens is 3. The van der Waals surface area contributed by atoms with Crippen molar-refractivity contribution in [3.8, 4) is 23.3 Å². The summed E-state index contributed by atoms with van der Waals surface area (Å²) in [5, 5.41) is 25.0. The molecule has 2 rings (SSSR count). The molecular formula is C29H37F3N2O7. The lowest BCUT2D eigenvalue weighted by Crippen LogP contribution is -2.33. The third kappa shape index (κ3) is 11.6. The average Bonchev–Trinajstić information content (AvgIpc) is 2.93. The standard InChI is InChI=1S/C27H35F3N2O3.C2H2O4/c1-20(2)26(18-31,24-9-6-7-10-25(24)35-19-27(28,29)30)12-8-13-32(3)14-11-21-15-22(33-4)17-23(16-21)34-5;3-1(4)2(5)6/h6-7,9-10,15-17,20H,8,11-14,19H2,1-5H3;(H,3,4)(H,5,6). The molecule has 0 aromatic heterocycles. The number of para-hydroxylation sites is 1. The van der Waals surface area contributed by atoms with Gasteiger partial charge in [0.25, 0.3) is 0 Å². The molecule has 1 unspecified atom stereocenters. The minimum Gasteiger partial charge on any atom is -0.497 e. The highest BCUT2D eigenvalue weighted by Gasteiger charge is 2.39. The van der Waals surface area contributed by atoms with Gasteiger partial charge in [-0.05, 0) is 62.5 Å². The number of ether oxygens (including phenoxy) is 3. The van der Waals surface area contributed by atoms with Gasteiger partial charge in [-0.2, -0.15) is 18.4 Å². The predicted molar refractivity (Wildman–Crippen MR) is 145 cm³/mol. The number of aliphatic carboxylic acids is 2. The number of alkyl halides is 3. The Kier molecular flexibility index (Phi) is 14.0. The van der Waals surface area contributed by atoms with E-state index >= 15 is 0 Å². The van der Waals surface area contributed by atoms with Gasteiger partial charge < -0.3 is 29.3 Å². The fraction of sp³-hybridized carbons (Fsp3) is 0.483. The lowest BCUT2D eigenvalue weighted by Gasteiger charge is -2.33. The summed E-state index contributed by atoms with van der Waals surface area (Å²) >= 11 is 0. The molecule has 2 N–H and O–H groups in total. The SMILES string of the molecule is COc1cc(CCN(C)CCCC(C#N)(c2ccccc2OCC(F)(F)F)C(C)C)cc(OC)c1.O=C(O)C(=O)O. The highest BCUT2D eigenvalue weighted by Crippen LogP contribution is 2.41. The largest absolute Gasteiger partial charge is 0.497 e. The minimum absolute atomic E-state index is 0.111. The van der Waals surface area contributed by atoms with Crippen molar-refractivity contribution in [1.29, 1.82) is 5.26 Å². The lowest BCUT2D eigenvalue weighted by atomic mass is 9.69. The molecule has 0 aliphatic heterocycles. The molecule has 0 spiro atoms. The molecule has 12 heteroatoms. The normalized spacial score (nSPS) is 12.5. The van der Waals surface area contributed by atoms with E-state index in [4.69, 9.17) is 34.0 Å². The van der Waals surface area contributed by atoms with Crippen LogP contribution in [-0.2, 0) is 21.4 Å². The van der Waals surface area contributed by atoms with Gasteiger partial charge >= 0.3 is 18.1 Å². The monoisotopic (exact) mass is 582 g/mol. The van der Waals surface area contributed by atoms with Crippen molar-refractivity contribution in [3.05, 3.63) is 53.6 Å². The average molecular weight is 583 g/mol. The van der Waals surface area contributed by atoms with Gasteiger partial charge in [0, 0.05) is 18.2 Å². The molecule has 0 heterocycles. The maximum atomic E-state index is 12.8. The van der Waals surface area contributed by atoms with Crippen LogP contribution in [0.1, 0.15) is 37.8 Å². The Labute approximate surface area is 238 Å². The van der Waals surface area contributed by atoms with Gasteiger partial charge in [0.05, 0.1) is 25.7 Å². The van der Waals surface area contributed by atoms with E-state index < -0.39 is 30.1 Å². The Hall–Kier alpha value is -3.98. The number of hydrogen-bond donors (Lipinski definition) is 2. The molecular weight excluding hydrogens is 545 g/mol. The second kappa shape index (κ2) is 16.3. The predicted octanol–water partition coefficient (Wildman–Crippen LogP) is 5.17. The van der Waals surface area contributed by atoms with Crippen molar-refractivity contribution >= 4 is 11.9 Å². The Morgan fingerprint density at radius 3 is 2.02 bits per heavy atom. The van der Waals surface area contributed by atoms with Crippen molar-refractivity contribution in [3.63, 3.8) is 0 Å². The molecule has 0 bridgehead atoms. The third-order valence-corrected chi connectivity index (χ3v) is 6.43. The van der Waals surface area contributed by atoms with E-state index in [0.717, 1.165) is 36.6 Å². The number of hydrogen-bond acceptors (Lipinski definition) is 7. The summed E-state index contributed by atoms with van der Waals surface area (Å²) in [6.45, 7) is 3.99. The fourth-order valence-corrected chi connectivity index (χ4v) is 4.17. The zero-order valence-electron chi connectivity index (χ0n) is 23.8. The van der Waals surface area contributed by atoms with E-state index in [1.807, 2.05) is 39.1 Å². The number of carboxylic acids is 2. The molecule has 0 saturated heterocycles. The zero-order chi connectivity index (χ0) is 31.2. The van der Waals surface area contributed by atoms with Crippen molar-refractivity contribution in [2.75, 3.05) is 41.0 Å². The summed E-state index contributed by atoms with van der Waals surface area (Å²) in [5.41, 5.74) is 0.647. The van der Waals surface area contributed by atoms with Crippen molar-refractivity contribution in [2.45, 2.75) is 44.7 Å². The van der Waals surface area contributed by atoms with Gasteiger partial charge in [0.15, 0.2) is 6.61 Å². The Morgan fingerprint density at radius 1 is 1.00 bits per heavy atom. The number of benzene rings is 2. The molecule has 0 aliphatic rings. The second-order valence-corrected chi connectivity index (χ2v) is 9.63. The van der Waals surface area contributed by atoms with Crippen LogP contribution in [0.3, 0.4) is 0 Å². The van der Waals surface area contributed by atoms with E-state index in [-0.39, 0.29) is 11.7 Å². The van der Waals surface area contributed by atoms with Crippen LogP contribution in [0, 0.1) is 17.2 Å². The van der Waals surface area contributed by atoms with Gasteiger partial charge in [-0.25, -0.2) is 9.59 Å². The van der Waals surface area contributed by atoms with Crippen LogP contribution in [0.4, 0.5) is 13.2 Å². The fourth-order valence-electron chi connectivity index (χ4n) is 4.17. The number of carbonyl (C=O) groups is 2. The molecule has 41 heavy (non-hydrogen) atoms. The van der Waals surface area contributed by atoms with Crippen molar-refractivity contribution in [2.24, 2.45) is 5.92 Å². The van der Waals surface area contributed by atoms with E-state index in [1.165, 1.54) is 6.07 Å². The van der Waals surface area contributed by atoms with Crippen LogP contribution in [0.2, 0.25) is 0 Å². The molecule has 2 aromatic rings. The number of rotatable bonds is 13. The molecule has 9 nitrogen and oxygen atoms in total. The van der Waals surface area contributed by atoms with Crippen LogP contribution in [0.5, 0.6) is 17.2 Å². The molecule has 0 saturated carbocycles. The van der Waals surface area contributed by atoms with Gasteiger partial charge in [-0.1, -0.05) is 32.0 Å².